The molecule has 4 heteroatoms. The quantitative estimate of drug-likeness (QED) is 0.687. The number of rotatable bonds is 8. The highest BCUT2D eigenvalue weighted by atomic mass is 16.2. The lowest BCUT2D eigenvalue weighted by atomic mass is 9.88. The highest BCUT2D eigenvalue weighted by Crippen LogP contribution is 2.27. The van der Waals surface area contributed by atoms with Gasteiger partial charge in [0.15, 0.2) is 0 Å². The summed E-state index contributed by atoms with van der Waals surface area (Å²) < 4.78 is 0. The normalized spacial score (nSPS) is 17.4. The molecule has 1 saturated heterocycles. The fourth-order valence-corrected chi connectivity index (χ4v) is 4.26. The molecule has 1 fully saturated rings. The maximum absolute atomic E-state index is 12.3. The third-order valence-electron chi connectivity index (χ3n) is 5.95. The summed E-state index contributed by atoms with van der Waals surface area (Å²) in [6, 6.07) is 21.6. The monoisotopic (exact) mass is 393 g/mol. The molecule has 156 valence electrons. The Kier molecular flexibility index (Phi) is 8.12. The van der Waals surface area contributed by atoms with Gasteiger partial charge >= 0.3 is 6.03 Å². The molecule has 1 heterocycles. The van der Waals surface area contributed by atoms with E-state index in [4.69, 9.17) is 0 Å². The van der Waals surface area contributed by atoms with Crippen molar-refractivity contribution in [1.82, 2.24) is 15.5 Å². The number of urea groups is 1. The Bertz CT molecular complexity index is 693. The maximum Gasteiger partial charge on any atom is 0.314 e. The Morgan fingerprint density at radius 3 is 2.21 bits per heavy atom. The number of nitrogens with one attached hydrogen (secondary N) is 2. The summed E-state index contributed by atoms with van der Waals surface area (Å²) in [5.74, 6) is 0.842. The second-order valence-electron chi connectivity index (χ2n) is 8.40. The van der Waals surface area contributed by atoms with Gasteiger partial charge in [0.1, 0.15) is 0 Å². The minimum atomic E-state index is -0.0495. The molecule has 0 saturated carbocycles. The largest absolute Gasteiger partial charge is 0.338 e. The standard InChI is InChI=1S/C25H35N3O/c1-20(2)28-17-9-10-21(19-28)18-27-25(29)26-16-15-24(22-11-5-3-6-12-22)23-13-7-4-8-14-23/h3-8,11-14,20-21,24H,9-10,15-19H2,1-2H3,(H2,26,27,29). The summed E-state index contributed by atoms with van der Waals surface area (Å²) in [5.41, 5.74) is 2.58. The van der Waals surface area contributed by atoms with Gasteiger partial charge in [0.05, 0.1) is 0 Å². The van der Waals surface area contributed by atoms with Crippen molar-refractivity contribution in [2.24, 2.45) is 5.92 Å². The predicted octanol–water partition coefficient (Wildman–Crippen LogP) is 4.63. The van der Waals surface area contributed by atoms with E-state index in [0.717, 1.165) is 19.5 Å². The van der Waals surface area contributed by atoms with E-state index in [0.29, 0.717) is 18.5 Å². The van der Waals surface area contributed by atoms with Gasteiger partial charge in [-0.2, -0.15) is 0 Å². The first kappa shape index (κ1) is 21.4. The Morgan fingerprint density at radius 2 is 1.62 bits per heavy atom. The lowest BCUT2D eigenvalue weighted by Crippen LogP contribution is -2.45. The van der Waals surface area contributed by atoms with Crippen LogP contribution >= 0.6 is 0 Å². The van der Waals surface area contributed by atoms with Gasteiger partial charge in [-0.1, -0.05) is 60.7 Å². The summed E-state index contributed by atoms with van der Waals surface area (Å²) in [6.07, 6.45) is 3.31. The van der Waals surface area contributed by atoms with E-state index in [2.05, 4.69) is 77.9 Å². The Labute approximate surface area is 175 Å². The molecule has 0 spiro atoms. The van der Waals surface area contributed by atoms with E-state index in [-0.39, 0.29) is 11.9 Å². The molecule has 1 atom stereocenters. The van der Waals surface area contributed by atoms with Crippen LogP contribution in [-0.4, -0.2) is 43.2 Å². The minimum Gasteiger partial charge on any atom is -0.338 e. The molecular formula is C25H35N3O. The van der Waals surface area contributed by atoms with Gasteiger partial charge in [0.25, 0.3) is 0 Å². The topological polar surface area (TPSA) is 44.4 Å². The van der Waals surface area contributed by atoms with E-state index < -0.39 is 0 Å². The van der Waals surface area contributed by atoms with Crippen LogP contribution in [-0.2, 0) is 0 Å². The van der Waals surface area contributed by atoms with Crippen LogP contribution in [0.2, 0.25) is 0 Å². The zero-order valence-electron chi connectivity index (χ0n) is 17.8. The first-order chi connectivity index (χ1) is 14.1. The summed E-state index contributed by atoms with van der Waals surface area (Å²) in [6.45, 7) is 8.18. The highest BCUT2D eigenvalue weighted by molar-refractivity contribution is 5.73. The van der Waals surface area contributed by atoms with E-state index in [1.54, 1.807) is 0 Å². The van der Waals surface area contributed by atoms with Crippen molar-refractivity contribution < 1.29 is 4.79 Å². The molecule has 0 aliphatic carbocycles. The van der Waals surface area contributed by atoms with Gasteiger partial charge in [0.2, 0.25) is 0 Å². The van der Waals surface area contributed by atoms with Crippen LogP contribution in [0.3, 0.4) is 0 Å². The van der Waals surface area contributed by atoms with Gasteiger partial charge in [-0.25, -0.2) is 4.79 Å². The van der Waals surface area contributed by atoms with E-state index in [9.17, 15) is 4.79 Å². The molecule has 1 aliphatic rings. The zero-order valence-corrected chi connectivity index (χ0v) is 17.8. The second kappa shape index (κ2) is 11.0. The number of piperidine rings is 1. The average Bonchev–Trinajstić information content (AvgIpc) is 2.76. The number of amides is 2. The smallest absolute Gasteiger partial charge is 0.314 e. The van der Waals surface area contributed by atoms with Crippen LogP contribution in [0.15, 0.2) is 60.7 Å². The number of benzene rings is 2. The Morgan fingerprint density at radius 1 is 1.00 bits per heavy atom. The van der Waals surface area contributed by atoms with Crippen LogP contribution in [0, 0.1) is 5.92 Å². The molecule has 0 radical (unpaired) electrons. The molecule has 0 aromatic heterocycles. The third-order valence-corrected chi connectivity index (χ3v) is 5.95. The Hall–Kier alpha value is -2.33. The zero-order chi connectivity index (χ0) is 20.5. The van der Waals surface area contributed by atoms with Crippen molar-refractivity contribution in [3.05, 3.63) is 71.8 Å². The lowest BCUT2D eigenvalue weighted by molar-refractivity contribution is 0.139. The van der Waals surface area contributed by atoms with Gasteiger partial charge in [-0.15, -0.1) is 0 Å². The van der Waals surface area contributed by atoms with Crippen molar-refractivity contribution in [2.75, 3.05) is 26.2 Å². The molecule has 29 heavy (non-hydrogen) atoms. The first-order valence-corrected chi connectivity index (χ1v) is 11.0. The fraction of sp³-hybridized carbons (Fsp3) is 0.480. The first-order valence-electron chi connectivity index (χ1n) is 11.0. The molecule has 4 nitrogen and oxygen atoms in total. The SMILES string of the molecule is CC(C)N1CCCC(CNC(=O)NCCC(c2ccccc2)c2ccccc2)C1. The fourth-order valence-electron chi connectivity index (χ4n) is 4.26. The van der Waals surface area contributed by atoms with Gasteiger partial charge in [-0.05, 0) is 56.7 Å². The number of hydrogen-bond acceptors (Lipinski definition) is 2. The molecule has 2 aromatic carbocycles. The predicted molar refractivity (Wildman–Crippen MR) is 120 cm³/mol. The van der Waals surface area contributed by atoms with Crippen molar-refractivity contribution in [3.8, 4) is 0 Å². The van der Waals surface area contributed by atoms with Crippen molar-refractivity contribution in [2.45, 2.75) is 45.1 Å². The second-order valence-corrected chi connectivity index (χ2v) is 8.40. The minimum absolute atomic E-state index is 0.0495. The van der Waals surface area contributed by atoms with Gasteiger partial charge in [0, 0.05) is 31.6 Å². The van der Waals surface area contributed by atoms with E-state index in [1.807, 2.05) is 12.1 Å². The van der Waals surface area contributed by atoms with E-state index >= 15 is 0 Å². The highest BCUT2D eigenvalue weighted by Gasteiger charge is 2.22. The molecule has 1 aliphatic heterocycles. The average molecular weight is 394 g/mol. The summed E-state index contributed by atoms with van der Waals surface area (Å²) in [5, 5.41) is 6.15. The van der Waals surface area contributed by atoms with Crippen molar-refractivity contribution in [1.29, 1.82) is 0 Å². The molecule has 2 N–H and O–H groups in total. The number of hydrogen-bond donors (Lipinski definition) is 2. The third kappa shape index (κ3) is 6.60. The number of carbonyl (C=O) groups excluding carboxylic acids is 1. The lowest BCUT2D eigenvalue weighted by Gasteiger charge is -2.35. The number of nitrogens with zero attached hydrogens (tertiary/aromatic N) is 1. The molecule has 3 rings (SSSR count). The van der Waals surface area contributed by atoms with Crippen LogP contribution in [0.5, 0.6) is 0 Å². The maximum atomic E-state index is 12.3. The van der Waals surface area contributed by atoms with Gasteiger partial charge < -0.3 is 15.5 Å². The van der Waals surface area contributed by atoms with Crippen molar-refractivity contribution in [3.63, 3.8) is 0 Å². The Balaban J connectivity index is 1.46. The van der Waals surface area contributed by atoms with Crippen molar-refractivity contribution >= 4 is 6.03 Å². The molecule has 2 aromatic rings. The molecule has 0 bridgehead atoms. The summed E-state index contributed by atoms with van der Waals surface area (Å²) in [4.78, 5) is 14.8. The van der Waals surface area contributed by atoms with Crippen LogP contribution in [0.25, 0.3) is 0 Å². The summed E-state index contributed by atoms with van der Waals surface area (Å²) >= 11 is 0. The van der Waals surface area contributed by atoms with E-state index in [1.165, 1.54) is 30.5 Å². The summed E-state index contributed by atoms with van der Waals surface area (Å²) in [7, 11) is 0. The molecule has 1 unspecified atom stereocenters. The molecular weight excluding hydrogens is 358 g/mol. The van der Waals surface area contributed by atoms with Crippen LogP contribution in [0.4, 0.5) is 4.79 Å². The molecule has 2 amide bonds. The van der Waals surface area contributed by atoms with Crippen LogP contribution in [0.1, 0.15) is 50.2 Å². The van der Waals surface area contributed by atoms with Gasteiger partial charge in [-0.3, -0.25) is 0 Å². The number of carbonyl (C=O) groups is 1. The number of likely N-dealkylation sites (tertiary alicyclic amines) is 1. The van der Waals surface area contributed by atoms with Crippen LogP contribution < -0.4 is 10.6 Å².